The number of aromatic nitrogens is 4. The van der Waals surface area contributed by atoms with E-state index >= 15 is 0 Å². The van der Waals surface area contributed by atoms with Crippen LogP contribution in [-0.2, 0) is 6.42 Å². The van der Waals surface area contributed by atoms with Crippen LogP contribution in [0.2, 0.25) is 0 Å². The first-order chi connectivity index (χ1) is 15.1. The van der Waals surface area contributed by atoms with E-state index in [1.165, 1.54) is 0 Å². The maximum atomic E-state index is 12.6. The first-order valence-electron chi connectivity index (χ1n) is 11.0. The molecule has 1 saturated carbocycles. The summed E-state index contributed by atoms with van der Waals surface area (Å²) in [4.78, 5) is 26.3. The predicted molar refractivity (Wildman–Crippen MR) is 118 cm³/mol. The quantitative estimate of drug-likeness (QED) is 0.636. The van der Waals surface area contributed by atoms with Gasteiger partial charge in [-0.05, 0) is 57.6 Å². The molecule has 0 bridgehead atoms. The minimum absolute atomic E-state index is 0.0819. The van der Waals surface area contributed by atoms with Crippen molar-refractivity contribution in [2.45, 2.75) is 58.8 Å². The van der Waals surface area contributed by atoms with E-state index in [0.29, 0.717) is 41.8 Å². The lowest BCUT2D eigenvalue weighted by Gasteiger charge is -2.29. The van der Waals surface area contributed by atoms with Crippen LogP contribution < -0.4 is 5.32 Å². The van der Waals surface area contributed by atoms with Gasteiger partial charge in [0.15, 0.2) is 0 Å². The monoisotopic (exact) mass is 419 g/mol. The van der Waals surface area contributed by atoms with Gasteiger partial charge in [0.05, 0.1) is 17.1 Å². The third-order valence-corrected chi connectivity index (χ3v) is 6.15. The van der Waals surface area contributed by atoms with Crippen molar-refractivity contribution in [2.24, 2.45) is 5.92 Å². The molecule has 4 rings (SSSR count). The van der Waals surface area contributed by atoms with Crippen LogP contribution in [0.15, 0.2) is 35.1 Å². The van der Waals surface area contributed by atoms with Gasteiger partial charge in [0.1, 0.15) is 17.1 Å². The van der Waals surface area contributed by atoms with Crippen LogP contribution in [-0.4, -0.2) is 32.6 Å². The molecule has 1 N–H and O–H groups in total. The van der Waals surface area contributed by atoms with Crippen molar-refractivity contribution in [1.29, 1.82) is 0 Å². The van der Waals surface area contributed by atoms with E-state index in [4.69, 9.17) is 9.51 Å². The number of nitrogens with one attached hydrogen (secondary N) is 1. The van der Waals surface area contributed by atoms with E-state index < -0.39 is 0 Å². The molecule has 0 aromatic carbocycles. The Morgan fingerprint density at radius 1 is 1.16 bits per heavy atom. The molecule has 0 aliphatic heterocycles. The van der Waals surface area contributed by atoms with Crippen LogP contribution in [0.4, 0.5) is 0 Å². The lowest BCUT2D eigenvalue weighted by Crippen LogP contribution is -2.32. The Hall–Kier alpha value is -3.09. The van der Waals surface area contributed by atoms with Gasteiger partial charge in [0.25, 0.3) is 5.91 Å². The van der Waals surface area contributed by atoms with Crippen molar-refractivity contribution < 1.29 is 9.32 Å². The normalized spacial score (nSPS) is 18.7. The Labute approximate surface area is 182 Å². The average molecular weight is 420 g/mol. The zero-order chi connectivity index (χ0) is 21.8. The summed E-state index contributed by atoms with van der Waals surface area (Å²) < 4.78 is 5.25. The van der Waals surface area contributed by atoms with Crippen molar-refractivity contribution in [1.82, 2.24) is 25.4 Å². The molecule has 162 valence electrons. The standard InChI is InChI=1S/C24H29N5O2/c1-4-21-22(15(2)29-31-21)24(30)27-13-17-8-10-18(11-9-17)23-19(14-26-16(3)28-23)20-7-5-6-12-25-20/h5-7,12,14,17-18H,4,8-11,13H2,1-3H3,(H,27,30). The highest BCUT2D eigenvalue weighted by atomic mass is 16.5. The molecular formula is C24H29N5O2. The molecule has 3 heterocycles. The summed E-state index contributed by atoms with van der Waals surface area (Å²) in [6.45, 7) is 6.39. The fourth-order valence-electron chi connectivity index (χ4n) is 4.43. The lowest BCUT2D eigenvalue weighted by atomic mass is 9.79. The number of aryl methyl sites for hydroxylation is 3. The van der Waals surface area contributed by atoms with Gasteiger partial charge in [-0.25, -0.2) is 9.97 Å². The van der Waals surface area contributed by atoms with E-state index in [1.807, 2.05) is 45.2 Å². The molecule has 1 aliphatic rings. The third-order valence-electron chi connectivity index (χ3n) is 6.15. The second kappa shape index (κ2) is 9.37. The van der Waals surface area contributed by atoms with Crippen LogP contribution in [0.3, 0.4) is 0 Å². The number of pyridine rings is 1. The van der Waals surface area contributed by atoms with Crippen LogP contribution >= 0.6 is 0 Å². The zero-order valence-electron chi connectivity index (χ0n) is 18.4. The molecule has 3 aromatic heterocycles. The molecule has 1 fully saturated rings. The number of amides is 1. The van der Waals surface area contributed by atoms with Crippen LogP contribution in [0, 0.1) is 19.8 Å². The van der Waals surface area contributed by atoms with E-state index in [1.54, 1.807) is 6.20 Å². The molecule has 7 heteroatoms. The highest BCUT2D eigenvalue weighted by molar-refractivity contribution is 5.96. The summed E-state index contributed by atoms with van der Waals surface area (Å²) in [5.74, 6) is 2.21. The minimum Gasteiger partial charge on any atom is -0.360 e. The molecular weight excluding hydrogens is 390 g/mol. The summed E-state index contributed by atoms with van der Waals surface area (Å²) in [6.07, 6.45) is 8.56. The van der Waals surface area contributed by atoms with Gasteiger partial charge in [-0.15, -0.1) is 0 Å². The molecule has 31 heavy (non-hydrogen) atoms. The summed E-state index contributed by atoms with van der Waals surface area (Å²) >= 11 is 0. The predicted octanol–water partition coefficient (Wildman–Crippen LogP) is 4.41. The number of rotatable bonds is 6. The first-order valence-corrected chi connectivity index (χ1v) is 11.0. The average Bonchev–Trinajstić information content (AvgIpc) is 3.19. The Balaban J connectivity index is 1.39. The van der Waals surface area contributed by atoms with Crippen molar-refractivity contribution in [3.63, 3.8) is 0 Å². The third kappa shape index (κ3) is 4.65. The van der Waals surface area contributed by atoms with E-state index in [9.17, 15) is 4.79 Å². The van der Waals surface area contributed by atoms with Crippen LogP contribution in [0.25, 0.3) is 11.3 Å². The second-order valence-corrected chi connectivity index (χ2v) is 8.28. The maximum Gasteiger partial charge on any atom is 0.256 e. The number of nitrogens with zero attached hydrogens (tertiary/aromatic N) is 4. The summed E-state index contributed by atoms with van der Waals surface area (Å²) in [7, 11) is 0. The maximum absolute atomic E-state index is 12.6. The van der Waals surface area contributed by atoms with Gasteiger partial charge in [-0.3, -0.25) is 9.78 Å². The summed E-state index contributed by atoms with van der Waals surface area (Å²) in [6, 6.07) is 5.92. The van der Waals surface area contributed by atoms with E-state index in [0.717, 1.165) is 48.5 Å². The highest BCUT2D eigenvalue weighted by Crippen LogP contribution is 2.38. The molecule has 0 saturated heterocycles. The Bertz CT molecular complexity index is 1040. The Morgan fingerprint density at radius 3 is 2.68 bits per heavy atom. The van der Waals surface area contributed by atoms with Crippen molar-refractivity contribution >= 4 is 5.91 Å². The molecule has 3 aromatic rings. The van der Waals surface area contributed by atoms with Gasteiger partial charge in [0, 0.05) is 36.8 Å². The van der Waals surface area contributed by atoms with E-state index in [-0.39, 0.29) is 5.91 Å². The summed E-state index contributed by atoms with van der Waals surface area (Å²) in [5.41, 5.74) is 4.29. The van der Waals surface area contributed by atoms with Gasteiger partial charge in [0.2, 0.25) is 0 Å². The zero-order valence-corrected chi connectivity index (χ0v) is 18.4. The summed E-state index contributed by atoms with van der Waals surface area (Å²) in [5, 5.41) is 7.03. The number of carbonyl (C=O) groups excluding carboxylic acids is 1. The van der Waals surface area contributed by atoms with Crippen LogP contribution in [0.1, 0.15) is 71.9 Å². The molecule has 0 atom stereocenters. The van der Waals surface area contributed by atoms with E-state index in [2.05, 4.69) is 20.4 Å². The number of hydrogen-bond donors (Lipinski definition) is 1. The number of hydrogen-bond acceptors (Lipinski definition) is 6. The largest absolute Gasteiger partial charge is 0.360 e. The second-order valence-electron chi connectivity index (χ2n) is 8.28. The molecule has 7 nitrogen and oxygen atoms in total. The molecule has 1 aliphatic carbocycles. The Morgan fingerprint density at radius 2 is 1.97 bits per heavy atom. The molecule has 0 spiro atoms. The fraction of sp³-hybridized carbons (Fsp3) is 0.458. The van der Waals surface area contributed by atoms with Crippen molar-refractivity contribution in [2.75, 3.05) is 6.54 Å². The van der Waals surface area contributed by atoms with Crippen LogP contribution in [0.5, 0.6) is 0 Å². The highest BCUT2D eigenvalue weighted by Gasteiger charge is 2.27. The smallest absolute Gasteiger partial charge is 0.256 e. The topological polar surface area (TPSA) is 93.8 Å². The van der Waals surface area contributed by atoms with Crippen molar-refractivity contribution in [3.8, 4) is 11.3 Å². The Kier molecular flexibility index (Phi) is 6.39. The first kappa shape index (κ1) is 21.2. The van der Waals surface area contributed by atoms with Gasteiger partial charge < -0.3 is 9.84 Å². The lowest BCUT2D eigenvalue weighted by molar-refractivity contribution is 0.0940. The number of carbonyl (C=O) groups is 1. The molecule has 0 unspecified atom stereocenters. The van der Waals surface area contributed by atoms with Gasteiger partial charge in [-0.2, -0.15) is 0 Å². The van der Waals surface area contributed by atoms with Gasteiger partial charge in [-0.1, -0.05) is 18.1 Å². The molecule has 0 radical (unpaired) electrons. The molecule has 1 amide bonds. The fourth-order valence-corrected chi connectivity index (χ4v) is 4.43. The van der Waals surface area contributed by atoms with Crippen molar-refractivity contribution in [3.05, 3.63) is 59.1 Å². The van der Waals surface area contributed by atoms with Gasteiger partial charge >= 0.3 is 0 Å². The SMILES string of the molecule is CCc1onc(C)c1C(=O)NCC1CCC(c2nc(C)ncc2-c2ccccn2)CC1. The minimum atomic E-state index is -0.0819.